The molecule has 0 aliphatic carbocycles. The van der Waals surface area contributed by atoms with Crippen molar-refractivity contribution in [2.24, 2.45) is 5.73 Å². The van der Waals surface area contributed by atoms with Crippen molar-refractivity contribution in [3.05, 3.63) is 71.8 Å². The van der Waals surface area contributed by atoms with Gasteiger partial charge in [-0.15, -0.1) is 0 Å². The Hall–Kier alpha value is -2.37. The summed E-state index contributed by atoms with van der Waals surface area (Å²) in [5.74, 6) is 0. The Morgan fingerprint density at radius 3 is 2.21 bits per heavy atom. The molecule has 5 heteroatoms. The molecule has 126 valence electrons. The van der Waals surface area contributed by atoms with Gasteiger partial charge < -0.3 is 20.5 Å². The number of benzene rings is 2. The van der Waals surface area contributed by atoms with Crippen LogP contribution in [-0.4, -0.2) is 30.9 Å². The fraction of sp³-hybridized carbons (Fsp3) is 0.316. The van der Waals surface area contributed by atoms with Crippen LogP contribution in [0.15, 0.2) is 60.7 Å². The van der Waals surface area contributed by atoms with Crippen molar-refractivity contribution in [3.63, 3.8) is 0 Å². The highest BCUT2D eigenvalue weighted by atomic mass is 16.5. The molecule has 0 unspecified atom stereocenters. The molecule has 1 fully saturated rings. The SMILES string of the molecule is NC1([C@H](Cc2ccccc2)NC(=O)OCc2ccccc2)COC1. The first-order valence-corrected chi connectivity index (χ1v) is 8.03. The van der Waals surface area contributed by atoms with Gasteiger partial charge in [-0.05, 0) is 17.5 Å². The second kappa shape index (κ2) is 7.47. The molecule has 0 spiro atoms. The summed E-state index contributed by atoms with van der Waals surface area (Å²) in [4.78, 5) is 12.2. The molecule has 24 heavy (non-hydrogen) atoms. The average molecular weight is 326 g/mol. The third-order valence-electron chi connectivity index (χ3n) is 4.22. The number of carbonyl (C=O) groups excluding carboxylic acids is 1. The first-order chi connectivity index (χ1) is 11.7. The van der Waals surface area contributed by atoms with Crippen molar-refractivity contribution in [1.82, 2.24) is 5.32 Å². The standard InChI is InChI=1S/C19H22N2O3/c20-19(13-23-14-19)17(11-15-7-3-1-4-8-15)21-18(22)24-12-16-9-5-2-6-10-16/h1-10,17H,11-14,20H2,(H,21,22)/t17-/m0/s1. The van der Waals surface area contributed by atoms with Gasteiger partial charge in [0, 0.05) is 0 Å². The third kappa shape index (κ3) is 4.13. The van der Waals surface area contributed by atoms with Crippen molar-refractivity contribution < 1.29 is 14.3 Å². The van der Waals surface area contributed by atoms with E-state index in [2.05, 4.69) is 5.32 Å². The van der Waals surface area contributed by atoms with E-state index in [0.29, 0.717) is 19.6 Å². The molecule has 0 bridgehead atoms. The predicted octanol–water partition coefficient (Wildman–Crippen LogP) is 2.25. The summed E-state index contributed by atoms with van der Waals surface area (Å²) in [7, 11) is 0. The lowest BCUT2D eigenvalue weighted by Gasteiger charge is -2.44. The first kappa shape index (κ1) is 16.5. The van der Waals surface area contributed by atoms with Gasteiger partial charge in [0.25, 0.3) is 0 Å². The molecule has 1 saturated heterocycles. The first-order valence-electron chi connectivity index (χ1n) is 8.03. The van der Waals surface area contributed by atoms with Gasteiger partial charge >= 0.3 is 6.09 Å². The number of nitrogens with one attached hydrogen (secondary N) is 1. The van der Waals surface area contributed by atoms with Crippen LogP contribution in [0.2, 0.25) is 0 Å². The quantitative estimate of drug-likeness (QED) is 0.854. The van der Waals surface area contributed by atoms with Crippen molar-refractivity contribution in [3.8, 4) is 0 Å². The maximum Gasteiger partial charge on any atom is 0.407 e. The Morgan fingerprint density at radius 2 is 1.67 bits per heavy atom. The lowest BCUT2D eigenvalue weighted by Crippen LogP contribution is -2.70. The van der Waals surface area contributed by atoms with Gasteiger partial charge in [0.05, 0.1) is 24.8 Å². The highest BCUT2D eigenvalue weighted by molar-refractivity contribution is 5.68. The number of amides is 1. The zero-order valence-corrected chi connectivity index (χ0v) is 13.5. The van der Waals surface area contributed by atoms with Crippen LogP contribution >= 0.6 is 0 Å². The number of hydrogen-bond donors (Lipinski definition) is 2. The van der Waals surface area contributed by atoms with E-state index in [1.54, 1.807) is 0 Å². The molecular formula is C19H22N2O3. The molecule has 0 radical (unpaired) electrons. The van der Waals surface area contributed by atoms with E-state index >= 15 is 0 Å². The molecule has 1 aliphatic rings. The number of ether oxygens (including phenoxy) is 2. The Morgan fingerprint density at radius 1 is 1.08 bits per heavy atom. The van der Waals surface area contributed by atoms with Crippen molar-refractivity contribution in [1.29, 1.82) is 0 Å². The maximum atomic E-state index is 12.2. The number of nitrogens with two attached hydrogens (primary N) is 1. The molecule has 3 N–H and O–H groups in total. The van der Waals surface area contributed by atoms with E-state index in [9.17, 15) is 4.79 Å². The van der Waals surface area contributed by atoms with Gasteiger partial charge in [0.15, 0.2) is 0 Å². The normalized spacial score (nSPS) is 16.7. The van der Waals surface area contributed by atoms with Crippen LogP contribution in [0.5, 0.6) is 0 Å². The Labute approximate surface area is 141 Å². The molecule has 3 rings (SSSR count). The molecule has 5 nitrogen and oxygen atoms in total. The molecular weight excluding hydrogens is 304 g/mol. The van der Waals surface area contributed by atoms with Gasteiger partial charge in [0.2, 0.25) is 0 Å². The van der Waals surface area contributed by atoms with Crippen LogP contribution in [0.3, 0.4) is 0 Å². The van der Waals surface area contributed by atoms with Gasteiger partial charge in [-0.1, -0.05) is 60.7 Å². The summed E-state index contributed by atoms with van der Waals surface area (Å²) in [5.41, 5.74) is 7.86. The summed E-state index contributed by atoms with van der Waals surface area (Å²) < 4.78 is 10.6. The van der Waals surface area contributed by atoms with Crippen molar-refractivity contribution >= 4 is 6.09 Å². The van der Waals surface area contributed by atoms with Crippen molar-refractivity contribution in [2.75, 3.05) is 13.2 Å². The van der Waals surface area contributed by atoms with Crippen LogP contribution in [0.25, 0.3) is 0 Å². The number of rotatable bonds is 6. The second-order valence-corrected chi connectivity index (χ2v) is 6.17. The van der Waals surface area contributed by atoms with E-state index in [0.717, 1.165) is 11.1 Å². The van der Waals surface area contributed by atoms with Gasteiger partial charge in [-0.2, -0.15) is 0 Å². The largest absolute Gasteiger partial charge is 0.445 e. The fourth-order valence-corrected chi connectivity index (χ4v) is 2.69. The van der Waals surface area contributed by atoms with Crippen LogP contribution in [-0.2, 0) is 22.5 Å². The van der Waals surface area contributed by atoms with Crippen LogP contribution < -0.4 is 11.1 Å². The molecule has 2 aromatic rings. The second-order valence-electron chi connectivity index (χ2n) is 6.17. The Balaban J connectivity index is 1.60. The highest BCUT2D eigenvalue weighted by Gasteiger charge is 2.43. The zero-order valence-electron chi connectivity index (χ0n) is 13.5. The average Bonchev–Trinajstić information content (AvgIpc) is 2.59. The molecule has 0 aromatic heterocycles. The smallest absolute Gasteiger partial charge is 0.407 e. The van der Waals surface area contributed by atoms with E-state index in [1.165, 1.54) is 0 Å². The maximum absolute atomic E-state index is 12.2. The van der Waals surface area contributed by atoms with E-state index in [1.807, 2.05) is 60.7 Å². The monoisotopic (exact) mass is 326 g/mol. The summed E-state index contributed by atoms with van der Waals surface area (Å²) in [6, 6.07) is 19.3. The summed E-state index contributed by atoms with van der Waals surface area (Å²) in [6.07, 6.45) is 0.178. The molecule has 1 heterocycles. The van der Waals surface area contributed by atoms with Crippen LogP contribution in [0, 0.1) is 0 Å². The Bertz CT molecular complexity index is 657. The molecule has 1 atom stereocenters. The Kier molecular flexibility index (Phi) is 5.13. The van der Waals surface area contributed by atoms with Gasteiger partial charge in [0.1, 0.15) is 6.61 Å². The van der Waals surface area contributed by atoms with Crippen LogP contribution in [0.4, 0.5) is 4.79 Å². The molecule has 1 aliphatic heterocycles. The number of carbonyl (C=O) groups is 1. The van der Waals surface area contributed by atoms with E-state index in [-0.39, 0.29) is 12.6 Å². The van der Waals surface area contributed by atoms with Crippen molar-refractivity contribution in [2.45, 2.75) is 24.6 Å². The van der Waals surface area contributed by atoms with E-state index in [4.69, 9.17) is 15.2 Å². The predicted molar refractivity (Wildman–Crippen MR) is 91.4 cm³/mol. The minimum atomic E-state index is -0.554. The zero-order chi connectivity index (χ0) is 16.8. The third-order valence-corrected chi connectivity index (χ3v) is 4.22. The lowest BCUT2D eigenvalue weighted by molar-refractivity contribution is -0.0708. The molecule has 0 saturated carbocycles. The fourth-order valence-electron chi connectivity index (χ4n) is 2.69. The minimum Gasteiger partial charge on any atom is -0.445 e. The minimum absolute atomic E-state index is 0.235. The summed E-state index contributed by atoms with van der Waals surface area (Å²) in [6.45, 7) is 1.10. The summed E-state index contributed by atoms with van der Waals surface area (Å²) >= 11 is 0. The highest BCUT2D eigenvalue weighted by Crippen LogP contribution is 2.21. The number of alkyl carbamates (subject to hydrolysis) is 1. The molecule has 1 amide bonds. The number of hydrogen-bond acceptors (Lipinski definition) is 4. The van der Waals surface area contributed by atoms with Gasteiger partial charge in [-0.25, -0.2) is 4.79 Å². The summed E-state index contributed by atoms with van der Waals surface area (Å²) in [5, 5.41) is 2.91. The van der Waals surface area contributed by atoms with E-state index < -0.39 is 11.6 Å². The van der Waals surface area contributed by atoms with Crippen LogP contribution in [0.1, 0.15) is 11.1 Å². The van der Waals surface area contributed by atoms with Gasteiger partial charge in [-0.3, -0.25) is 0 Å². The lowest BCUT2D eigenvalue weighted by atomic mass is 9.85. The molecule has 2 aromatic carbocycles. The topological polar surface area (TPSA) is 73.6 Å².